The second-order valence-corrected chi connectivity index (χ2v) is 9.98. The van der Waals surface area contributed by atoms with Crippen molar-refractivity contribution >= 4 is 37.5 Å². The van der Waals surface area contributed by atoms with Gasteiger partial charge in [0.25, 0.3) is 10.0 Å². The monoisotopic (exact) mass is 419 g/mol. The zero-order valence-corrected chi connectivity index (χ0v) is 18.1. The third-order valence-electron chi connectivity index (χ3n) is 6.19. The molecule has 1 N–H and O–H groups in total. The molecule has 0 spiro atoms. The van der Waals surface area contributed by atoms with Gasteiger partial charge >= 0.3 is 0 Å². The number of anilines is 1. The summed E-state index contributed by atoms with van der Waals surface area (Å²) in [5.41, 5.74) is 3.79. The van der Waals surface area contributed by atoms with Gasteiger partial charge in [0.1, 0.15) is 11.3 Å². The first kappa shape index (κ1) is 19.2. The summed E-state index contributed by atoms with van der Waals surface area (Å²) >= 11 is 0. The van der Waals surface area contributed by atoms with Gasteiger partial charge in [-0.2, -0.15) is 0 Å². The molecular weight excluding hydrogens is 394 g/mol. The lowest BCUT2D eigenvalue weighted by Gasteiger charge is -2.17. The van der Waals surface area contributed by atoms with Crippen LogP contribution in [0.5, 0.6) is 0 Å². The first-order chi connectivity index (χ1) is 14.5. The lowest BCUT2D eigenvalue weighted by Crippen LogP contribution is -2.13. The Balaban J connectivity index is 1.66. The van der Waals surface area contributed by atoms with Gasteiger partial charge in [0.2, 0.25) is 0 Å². The molecule has 0 saturated carbocycles. The van der Waals surface area contributed by atoms with Crippen LogP contribution in [0.2, 0.25) is 0 Å². The van der Waals surface area contributed by atoms with E-state index in [1.807, 2.05) is 42.5 Å². The van der Waals surface area contributed by atoms with Crippen LogP contribution in [0.15, 0.2) is 63.9 Å². The number of benzene rings is 3. The number of nitrogens with one attached hydrogen (secondary N) is 1. The van der Waals surface area contributed by atoms with Crippen LogP contribution < -0.4 is 4.72 Å². The van der Waals surface area contributed by atoms with E-state index in [0.717, 1.165) is 58.7 Å². The van der Waals surface area contributed by atoms with Crippen LogP contribution in [0.1, 0.15) is 37.2 Å². The van der Waals surface area contributed by atoms with Crippen molar-refractivity contribution in [3.63, 3.8) is 0 Å². The fourth-order valence-electron chi connectivity index (χ4n) is 4.46. The summed E-state index contributed by atoms with van der Waals surface area (Å²) < 4.78 is 35.4. The van der Waals surface area contributed by atoms with Gasteiger partial charge in [0, 0.05) is 28.1 Å². The van der Waals surface area contributed by atoms with Crippen molar-refractivity contribution in [2.75, 3.05) is 4.72 Å². The van der Waals surface area contributed by atoms with Crippen molar-refractivity contribution in [2.45, 2.75) is 44.4 Å². The lowest BCUT2D eigenvalue weighted by atomic mass is 9.87. The Labute approximate surface area is 177 Å². The Kier molecular flexibility index (Phi) is 4.58. The molecule has 1 aliphatic carbocycles. The minimum atomic E-state index is -3.69. The number of hydrogen-bond acceptors (Lipinski definition) is 3. The number of hydrogen-bond donors (Lipinski definition) is 1. The topological polar surface area (TPSA) is 59.3 Å². The van der Waals surface area contributed by atoms with Crippen LogP contribution in [0.3, 0.4) is 0 Å². The van der Waals surface area contributed by atoms with Crippen LogP contribution in [0, 0.1) is 5.92 Å². The Bertz CT molecular complexity index is 1350. The Morgan fingerprint density at radius 3 is 2.50 bits per heavy atom. The highest BCUT2D eigenvalue weighted by atomic mass is 32.2. The van der Waals surface area contributed by atoms with Gasteiger partial charge in [0.15, 0.2) is 0 Å². The van der Waals surface area contributed by atoms with E-state index >= 15 is 0 Å². The second kappa shape index (κ2) is 7.17. The van der Waals surface area contributed by atoms with Crippen LogP contribution in [0.4, 0.5) is 5.69 Å². The molecule has 1 atom stereocenters. The predicted octanol–water partition coefficient (Wildman–Crippen LogP) is 6.07. The van der Waals surface area contributed by atoms with Gasteiger partial charge in [0.05, 0.1) is 10.6 Å². The molecule has 0 radical (unpaired) electrons. The first-order valence-corrected chi connectivity index (χ1v) is 12.0. The first-order valence-electron chi connectivity index (χ1n) is 10.5. The quantitative estimate of drug-likeness (QED) is 0.436. The van der Waals surface area contributed by atoms with Gasteiger partial charge in [-0.25, -0.2) is 8.42 Å². The van der Waals surface area contributed by atoms with E-state index in [2.05, 4.69) is 18.6 Å². The van der Waals surface area contributed by atoms with Gasteiger partial charge in [-0.3, -0.25) is 4.72 Å². The largest absolute Gasteiger partial charge is 0.460 e. The molecule has 0 fully saturated rings. The molecule has 30 heavy (non-hydrogen) atoms. The summed E-state index contributed by atoms with van der Waals surface area (Å²) in [6.45, 7) is 4.31. The molecule has 154 valence electrons. The van der Waals surface area contributed by atoms with E-state index in [9.17, 15) is 8.42 Å². The van der Waals surface area contributed by atoms with E-state index in [0.29, 0.717) is 11.6 Å². The van der Waals surface area contributed by atoms with E-state index in [1.54, 1.807) is 12.1 Å². The predicted molar refractivity (Wildman–Crippen MR) is 122 cm³/mol. The van der Waals surface area contributed by atoms with Crippen molar-refractivity contribution in [1.29, 1.82) is 0 Å². The SMILES string of the molecule is CCc1ccc(S(=O)(=O)Nc2cc3c4c(oc3c3ccccc23)CCC(C)C4)cc1. The normalized spacial score (nSPS) is 16.7. The van der Waals surface area contributed by atoms with Crippen molar-refractivity contribution < 1.29 is 12.8 Å². The average Bonchev–Trinajstić information content (AvgIpc) is 3.11. The molecule has 1 aliphatic rings. The zero-order valence-electron chi connectivity index (χ0n) is 17.2. The molecule has 4 nitrogen and oxygen atoms in total. The Hall–Kier alpha value is -2.79. The number of aryl methyl sites for hydroxylation is 2. The summed E-state index contributed by atoms with van der Waals surface area (Å²) in [7, 11) is -3.69. The van der Waals surface area contributed by atoms with Crippen LogP contribution >= 0.6 is 0 Å². The lowest BCUT2D eigenvalue weighted by molar-refractivity contribution is 0.439. The summed E-state index contributed by atoms with van der Waals surface area (Å²) in [6.07, 6.45) is 3.90. The third kappa shape index (κ3) is 3.18. The number of furan rings is 1. The van der Waals surface area contributed by atoms with Gasteiger partial charge in [-0.1, -0.05) is 50.2 Å². The molecule has 1 heterocycles. The smallest absolute Gasteiger partial charge is 0.261 e. The minimum Gasteiger partial charge on any atom is -0.460 e. The van der Waals surface area contributed by atoms with Crippen molar-refractivity contribution in [2.24, 2.45) is 5.92 Å². The summed E-state index contributed by atoms with van der Waals surface area (Å²) in [4.78, 5) is 0.270. The number of rotatable bonds is 4. The fourth-order valence-corrected chi connectivity index (χ4v) is 5.53. The van der Waals surface area contributed by atoms with Crippen molar-refractivity contribution in [1.82, 2.24) is 0 Å². The molecular formula is C25H25NO3S. The third-order valence-corrected chi connectivity index (χ3v) is 7.57. The van der Waals surface area contributed by atoms with Gasteiger partial charge in [-0.05, 0) is 48.9 Å². The molecule has 1 aromatic heterocycles. The molecule has 0 saturated heterocycles. The maximum Gasteiger partial charge on any atom is 0.261 e. The second-order valence-electron chi connectivity index (χ2n) is 8.30. The molecule has 0 bridgehead atoms. The zero-order chi connectivity index (χ0) is 20.9. The van der Waals surface area contributed by atoms with E-state index in [4.69, 9.17) is 4.42 Å². The van der Waals surface area contributed by atoms with Crippen LogP contribution in [-0.2, 0) is 29.3 Å². The maximum absolute atomic E-state index is 13.1. The molecule has 0 amide bonds. The maximum atomic E-state index is 13.1. The molecule has 1 unspecified atom stereocenters. The van der Waals surface area contributed by atoms with Gasteiger partial charge < -0.3 is 4.42 Å². The Morgan fingerprint density at radius 1 is 1.03 bits per heavy atom. The highest BCUT2D eigenvalue weighted by Crippen LogP contribution is 2.40. The van der Waals surface area contributed by atoms with Crippen LogP contribution in [0.25, 0.3) is 21.7 Å². The summed E-state index contributed by atoms with van der Waals surface area (Å²) in [5.74, 6) is 1.64. The van der Waals surface area contributed by atoms with Crippen molar-refractivity contribution in [3.05, 3.63) is 71.5 Å². The van der Waals surface area contributed by atoms with Crippen LogP contribution in [-0.4, -0.2) is 8.42 Å². The molecule has 4 aromatic rings. The van der Waals surface area contributed by atoms with Crippen molar-refractivity contribution in [3.8, 4) is 0 Å². The Morgan fingerprint density at radius 2 is 1.77 bits per heavy atom. The summed E-state index contributed by atoms with van der Waals surface area (Å²) in [6, 6.07) is 16.9. The average molecular weight is 420 g/mol. The van der Waals surface area contributed by atoms with E-state index < -0.39 is 10.0 Å². The van der Waals surface area contributed by atoms with E-state index in [-0.39, 0.29) is 4.90 Å². The van der Waals surface area contributed by atoms with E-state index in [1.165, 1.54) is 5.56 Å². The number of sulfonamides is 1. The minimum absolute atomic E-state index is 0.270. The highest BCUT2D eigenvalue weighted by Gasteiger charge is 2.25. The summed E-state index contributed by atoms with van der Waals surface area (Å²) in [5, 5.41) is 2.81. The highest BCUT2D eigenvalue weighted by molar-refractivity contribution is 7.92. The standard InChI is InChI=1S/C25H25NO3S/c1-3-17-9-11-18(12-10-17)30(27,28)26-23-15-22-21-14-16(2)8-13-24(21)29-25(22)20-7-5-4-6-19(20)23/h4-7,9-12,15-16,26H,3,8,13-14H2,1-2H3. The molecule has 0 aliphatic heterocycles. The molecule has 5 heteroatoms. The number of fused-ring (bicyclic) bond motifs is 5. The molecule has 5 rings (SSSR count). The van der Waals surface area contributed by atoms with Gasteiger partial charge in [-0.15, -0.1) is 0 Å². The molecule has 3 aromatic carbocycles. The fraction of sp³-hybridized carbons (Fsp3) is 0.280.